The Morgan fingerprint density at radius 2 is 1.86 bits per heavy atom. The van der Waals surface area contributed by atoms with Gasteiger partial charge in [0.25, 0.3) is 0 Å². The molecule has 1 rings (SSSR count). The quantitative estimate of drug-likeness (QED) is 0.607. The van der Waals surface area contributed by atoms with Crippen molar-refractivity contribution in [1.82, 2.24) is 0 Å². The molecule has 0 aliphatic carbocycles. The van der Waals surface area contributed by atoms with Crippen LogP contribution < -0.4 is 4.74 Å². The lowest BCUT2D eigenvalue weighted by molar-refractivity contribution is -0.386. The Morgan fingerprint density at radius 1 is 1.33 bits per heavy atom. The predicted octanol–water partition coefficient (Wildman–Crippen LogP) is 4.50. The van der Waals surface area contributed by atoms with E-state index < -0.39 is 5.60 Å². The smallest absolute Gasteiger partial charge is 0.311 e. The lowest BCUT2D eigenvalue weighted by Gasteiger charge is -2.22. The number of benzene rings is 1. The van der Waals surface area contributed by atoms with Gasteiger partial charge in [0.15, 0.2) is 7.12 Å². The third kappa shape index (κ3) is 7.31. The van der Waals surface area contributed by atoms with Crippen molar-refractivity contribution >= 4 is 5.69 Å². The van der Waals surface area contributed by atoms with E-state index in [1.807, 2.05) is 26.8 Å². The van der Waals surface area contributed by atoms with Crippen LogP contribution in [0.1, 0.15) is 48.5 Å². The topological polar surface area (TPSA) is 76.2 Å². The lowest BCUT2D eigenvalue weighted by atomic mass is 9.88. The van der Waals surface area contributed by atoms with Gasteiger partial charge >= 0.3 is 5.69 Å². The zero-order valence-electron chi connectivity index (χ0n) is 14.6. The molecule has 21 heavy (non-hydrogen) atoms. The summed E-state index contributed by atoms with van der Waals surface area (Å²) in [5.74, 6) is 0.329. The molecule has 0 unspecified atom stereocenters. The minimum Gasteiger partial charge on any atom is -0.481 e. The number of nitrogens with zero attached hydrogens (tertiary/aromatic N) is 2. The third-order valence-electron chi connectivity index (χ3n) is 2.37. The van der Waals surface area contributed by atoms with Crippen LogP contribution in [0.25, 0.3) is 0 Å². The largest absolute Gasteiger partial charge is 0.481 e. The van der Waals surface area contributed by atoms with Crippen LogP contribution in [0, 0.1) is 27.3 Å². The fraction of sp³-hybridized carbons (Fsp3) is 0.562. The Kier molecular flexibility index (Phi) is 5.71. The molecule has 0 radical (unpaired) electrons. The molecule has 0 bridgehead atoms. The molecule has 1 aromatic rings. The van der Waals surface area contributed by atoms with Gasteiger partial charge in [-0.1, -0.05) is 26.8 Å². The second-order valence-electron chi connectivity index (χ2n) is 7.01. The number of nitro groups is 1. The Labute approximate surface area is 128 Å². The summed E-state index contributed by atoms with van der Waals surface area (Å²) in [6.07, 6.45) is 0.795. The first-order valence-corrected chi connectivity index (χ1v) is 6.67. The van der Waals surface area contributed by atoms with E-state index in [-0.39, 0.29) is 16.0 Å². The summed E-state index contributed by atoms with van der Waals surface area (Å²) in [6, 6.07) is 5.22. The monoisotopic (exact) mass is 293 g/mol. The van der Waals surface area contributed by atoms with Gasteiger partial charge in [0, 0.05) is 12.6 Å². The van der Waals surface area contributed by atoms with Gasteiger partial charge in [-0.2, -0.15) is 0 Å². The van der Waals surface area contributed by atoms with Gasteiger partial charge in [-0.05, 0) is 44.2 Å². The molecule has 0 fully saturated rings. The Bertz CT molecular complexity index is 552. The molecular formula is C16H24N2O3. The summed E-state index contributed by atoms with van der Waals surface area (Å²) in [5, 5.41) is 18.1. The van der Waals surface area contributed by atoms with Crippen LogP contribution in [-0.2, 0) is 6.42 Å². The zero-order valence-corrected chi connectivity index (χ0v) is 13.6. The van der Waals surface area contributed by atoms with Crippen molar-refractivity contribution in [2.75, 3.05) is 0 Å². The third-order valence-corrected chi connectivity index (χ3v) is 2.37. The Morgan fingerprint density at radius 3 is 2.24 bits per heavy atom. The normalized spacial score (nSPS) is 11.6. The molecular weight excluding hydrogens is 268 g/mol. The molecule has 5 heteroatoms. The van der Waals surface area contributed by atoms with Crippen molar-refractivity contribution in [1.29, 1.82) is 5.26 Å². The highest BCUT2D eigenvalue weighted by Gasteiger charge is 2.22. The van der Waals surface area contributed by atoms with Crippen molar-refractivity contribution in [3.63, 3.8) is 0 Å². The molecule has 0 amide bonds. The van der Waals surface area contributed by atoms with E-state index in [1.165, 1.54) is 0 Å². The van der Waals surface area contributed by atoms with Crippen molar-refractivity contribution in [3.8, 4) is 12.3 Å². The summed E-state index contributed by atoms with van der Waals surface area (Å²) in [5.41, 5.74) is 0.647. The van der Waals surface area contributed by atoms with Crippen LogP contribution in [0.15, 0.2) is 18.2 Å². The fourth-order valence-electron chi connectivity index (χ4n) is 1.84. The van der Waals surface area contributed by atoms with E-state index in [9.17, 15) is 10.1 Å². The van der Waals surface area contributed by atoms with Gasteiger partial charge in [0.1, 0.15) is 5.60 Å². The molecule has 0 aliphatic rings. The molecule has 0 saturated heterocycles. The average molecular weight is 293 g/mol. The van der Waals surface area contributed by atoms with E-state index >= 15 is 0 Å². The summed E-state index contributed by atoms with van der Waals surface area (Å²) < 4.78 is 11.2. The Balaban J connectivity index is 0.00000135. The highest BCUT2D eigenvalue weighted by atomic mass is 16.6. The first-order chi connectivity index (χ1) is 9.89. The first kappa shape index (κ1) is 17.0. The molecule has 0 heterocycles. The Hall–Kier alpha value is -2.09. The first-order valence-electron chi connectivity index (χ1n) is 7.17. The fourth-order valence-corrected chi connectivity index (χ4v) is 1.84. The molecule has 5 nitrogen and oxygen atoms in total. The highest BCUT2D eigenvalue weighted by molar-refractivity contribution is 5.49. The molecule has 0 spiro atoms. The van der Waals surface area contributed by atoms with Crippen LogP contribution in [0.2, 0.25) is 0 Å². The van der Waals surface area contributed by atoms with Crippen LogP contribution in [0.3, 0.4) is 0 Å². The van der Waals surface area contributed by atoms with Crippen LogP contribution >= 0.6 is 0 Å². The summed E-state index contributed by atoms with van der Waals surface area (Å²) in [6.45, 7) is 13.0. The maximum absolute atomic E-state index is 11.2. The van der Waals surface area contributed by atoms with Crippen LogP contribution in [0.4, 0.5) is 5.69 Å². The van der Waals surface area contributed by atoms with Crippen LogP contribution in [-0.4, -0.2) is 10.5 Å². The number of nitriles is 1. The van der Waals surface area contributed by atoms with Crippen molar-refractivity contribution in [2.24, 2.45) is 5.41 Å². The summed E-state index contributed by atoms with van der Waals surface area (Å²) >= 11 is 0. The standard InChI is InChI=1S/C15H23NO3.CHN/c1-14(2,3)10-11-7-8-13(19-15(4,5)6)12(9-11)16(17)18;1-2/h7-9H,10H2,1-6H3;1H/i;1D. The second-order valence-corrected chi connectivity index (χ2v) is 7.01. The summed E-state index contributed by atoms with van der Waals surface area (Å²) in [7, 11) is 0. The molecule has 0 saturated carbocycles. The second kappa shape index (κ2) is 7.07. The summed E-state index contributed by atoms with van der Waals surface area (Å²) in [4.78, 5) is 10.8. The zero-order chi connectivity index (χ0) is 17.6. The molecule has 0 atom stereocenters. The van der Waals surface area contributed by atoms with Gasteiger partial charge in [-0.3, -0.25) is 10.1 Å². The van der Waals surface area contributed by atoms with E-state index in [4.69, 9.17) is 11.4 Å². The predicted molar refractivity (Wildman–Crippen MR) is 83.3 cm³/mol. The maximum atomic E-state index is 11.2. The van der Waals surface area contributed by atoms with Gasteiger partial charge in [-0.15, -0.1) is 0 Å². The van der Waals surface area contributed by atoms with E-state index in [2.05, 4.69) is 20.8 Å². The molecule has 0 aliphatic heterocycles. The molecule has 0 aromatic heterocycles. The minimum absolute atomic E-state index is 0.0386. The molecule has 1 aromatic carbocycles. The number of hydrogen-bond donors (Lipinski definition) is 0. The van der Waals surface area contributed by atoms with Crippen molar-refractivity contribution in [2.45, 2.75) is 53.6 Å². The van der Waals surface area contributed by atoms with E-state index in [0.29, 0.717) is 5.75 Å². The maximum Gasteiger partial charge on any atom is 0.311 e. The number of nitro benzene ring substituents is 1. The molecule has 0 N–H and O–H groups in total. The van der Waals surface area contributed by atoms with E-state index in [1.54, 1.807) is 12.1 Å². The average Bonchev–Trinajstić information content (AvgIpc) is 2.28. The molecule has 116 valence electrons. The number of hydrogen-bond acceptors (Lipinski definition) is 4. The number of ether oxygens (including phenoxy) is 1. The van der Waals surface area contributed by atoms with Gasteiger partial charge in [0.05, 0.1) is 4.92 Å². The van der Waals surface area contributed by atoms with Crippen molar-refractivity contribution in [3.05, 3.63) is 33.9 Å². The van der Waals surface area contributed by atoms with Crippen molar-refractivity contribution < 1.29 is 11.0 Å². The highest BCUT2D eigenvalue weighted by Crippen LogP contribution is 2.32. The SMILES string of the molecule is CC(C)(C)Cc1ccc(OC(C)(C)C)c([N+](=O)[O-])c1.[2H]C#N. The lowest BCUT2D eigenvalue weighted by Crippen LogP contribution is -2.23. The van der Waals surface area contributed by atoms with Gasteiger partial charge in [-0.25, -0.2) is 5.26 Å². The van der Waals surface area contributed by atoms with E-state index in [0.717, 1.165) is 18.5 Å². The minimum atomic E-state index is -0.448. The van der Waals surface area contributed by atoms with Gasteiger partial charge in [0.2, 0.25) is 0 Å². The van der Waals surface area contributed by atoms with Crippen LogP contribution in [0.5, 0.6) is 5.75 Å². The number of rotatable bonds is 3. The van der Waals surface area contributed by atoms with Gasteiger partial charge < -0.3 is 4.74 Å².